The first kappa shape index (κ1) is 8.23. The summed E-state index contributed by atoms with van der Waals surface area (Å²) in [6.45, 7) is 0.960. The summed E-state index contributed by atoms with van der Waals surface area (Å²) >= 11 is 0. The van der Waals surface area contributed by atoms with Gasteiger partial charge >= 0.3 is 0 Å². The molecule has 1 aliphatic rings. The maximum atomic E-state index is 4.98. The van der Waals surface area contributed by atoms with Gasteiger partial charge in [-0.1, -0.05) is 0 Å². The molecule has 3 heteroatoms. The van der Waals surface area contributed by atoms with Crippen LogP contribution in [0.1, 0.15) is 18.4 Å². The minimum absolute atomic E-state index is 0.655. The molecular weight excluding hydrogens is 164 g/mol. The van der Waals surface area contributed by atoms with Crippen LogP contribution in [0.15, 0.2) is 23.3 Å². The zero-order valence-electron chi connectivity index (χ0n) is 7.66. The summed E-state index contributed by atoms with van der Waals surface area (Å²) in [6, 6.07) is 3.88. The number of nitrogens with zero attached hydrogens (tertiary/aromatic N) is 2. The molecule has 1 aromatic rings. The van der Waals surface area contributed by atoms with Gasteiger partial charge < -0.3 is 4.74 Å². The molecule has 2 heterocycles. The van der Waals surface area contributed by atoms with Gasteiger partial charge in [0.15, 0.2) is 0 Å². The number of ether oxygens (including phenoxy) is 1. The lowest BCUT2D eigenvalue weighted by atomic mass is 10.1. The van der Waals surface area contributed by atoms with E-state index in [4.69, 9.17) is 4.74 Å². The standard InChI is InChI=1S/C10H12N2O/c1-13-10-5-4-8(7-12-10)9-3-2-6-11-9/h4-5,7H,2-3,6H2,1H3. The van der Waals surface area contributed by atoms with Gasteiger partial charge in [-0.2, -0.15) is 0 Å². The molecular formula is C10H12N2O. The highest BCUT2D eigenvalue weighted by Gasteiger charge is 2.08. The summed E-state index contributed by atoms with van der Waals surface area (Å²) < 4.78 is 4.98. The summed E-state index contributed by atoms with van der Waals surface area (Å²) in [6.07, 6.45) is 4.07. The Morgan fingerprint density at radius 2 is 2.31 bits per heavy atom. The number of aliphatic imine (C=N–C) groups is 1. The molecule has 13 heavy (non-hydrogen) atoms. The van der Waals surface area contributed by atoms with Crippen LogP contribution in [-0.2, 0) is 0 Å². The molecule has 0 N–H and O–H groups in total. The topological polar surface area (TPSA) is 34.5 Å². The fourth-order valence-corrected chi connectivity index (χ4v) is 1.45. The van der Waals surface area contributed by atoms with Crippen molar-refractivity contribution in [1.82, 2.24) is 4.98 Å². The lowest BCUT2D eigenvalue weighted by Crippen LogP contribution is -1.97. The smallest absolute Gasteiger partial charge is 0.212 e. The lowest BCUT2D eigenvalue weighted by molar-refractivity contribution is 0.398. The molecule has 0 bridgehead atoms. The number of methoxy groups -OCH3 is 1. The maximum absolute atomic E-state index is 4.98. The highest BCUT2D eigenvalue weighted by Crippen LogP contribution is 2.14. The van der Waals surface area contributed by atoms with E-state index in [9.17, 15) is 0 Å². The Bertz CT molecular complexity index is 316. The van der Waals surface area contributed by atoms with Gasteiger partial charge in [0.2, 0.25) is 5.88 Å². The lowest BCUT2D eigenvalue weighted by Gasteiger charge is -2.01. The zero-order valence-corrected chi connectivity index (χ0v) is 7.66. The first-order valence-electron chi connectivity index (χ1n) is 4.44. The molecule has 68 valence electrons. The number of hydrogen-bond donors (Lipinski definition) is 0. The molecule has 0 saturated heterocycles. The monoisotopic (exact) mass is 176 g/mol. The molecule has 2 rings (SSSR count). The normalized spacial score (nSPS) is 15.6. The highest BCUT2D eigenvalue weighted by atomic mass is 16.5. The Kier molecular flexibility index (Phi) is 2.25. The van der Waals surface area contributed by atoms with Crippen LogP contribution in [0.2, 0.25) is 0 Å². The molecule has 0 aliphatic carbocycles. The van der Waals surface area contributed by atoms with Crippen LogP contribution in [0.4, 0.5) is 0 Å². The predicted octanol–water partition coefficient (Wildman–Crippen LogP) is 1.67. The van der Waals surface area contributed by atoms with Crippen molar-refractivity contribution >= 4 is 5.71 Å². The fraction of sp³-hybridized carbons (Fsp3) is 0.400. The van der Waals surface area contributed by atoms with Crippen LogP contribution < -0.4 is 4.74 Å². The highest BCUT2D eigenvalue weighted by molar-refractivity contribution is 6.01. The van der Waals surface area contributed by atoms with Crippen molar-refractivity contribution in [1.29, 1.82) is 0 Å². The Labute approximate surface area is 77.5 Å². The van der Waals surface area contributed by atoms with Crippen molar-refractivity contribution in [2.75, 3.05) is 13.7 Å². The van der Waals surface area contributed by atoms with Gasteiger partial charge in [0.1, 0.15) is 0 Å². The van der Waals surface area contributed by atoms with E-state index in [0.29, 0.717) is 5.88 Å². The zero-order chi connectivity index (χ0) is 9.10. The summed E-state index contributed by atoms with van der Waals surface area (Å²) in [7, 11) is 1.62. The molecule has 0 fully saturated rings. The third-order valence-electron chi connectivity index (χ3n) is 2.15. The van der Waals surface area contributed by atoms with E-state index in [-0.39, 0.29) is 0 Å². The summed E-state index contributed by atoms with van der Waals surface area (Å²) in [5, 5.41) is 0. The van der Waals surface area contributed by atoms with Crippen molar-refractivity contribution < 1.29 is 4.74 Å². The molecule has 0 amide bonds. The SMILES string of the molecule is COc1ccc(C2=NCCC2)cn1. The molecule has 1 aromatic heterocycles. The predicted molar refractivity (Wildman–Crippen MR) is 51.4 cm³/mol. The van der Waals surface area contributed by atoms with Gasteiger partial charge in [-0.25, -0.2) is 4.98 Å². The van der Waals surface area contributed by atoms with E-state index in [0.717, 1.165) is 18.5 Å². The van der Waals surface area contributed by atoms with Crippen LogP contribution in [0.3, 0.4) is 0 Å². The first-order chi connectivity index (χ1) is 6.40. The van der Waals surface area contributed by atoms with Crippen molar-refractivity contribution in [3.63, 3.8) is 0 Å². The van der Waals surface area contributed by atoms with Gasteiger partial charge in [0.25, 0.3) is 0 Å². The van der Waals surface area contributed by atoms with Crippen LogP contribution in [0.5, 0.6) is 5.88 Å². The Morgan fingerprint density at radius 1 is 1.38 bits per heavy atom. The van der Waals surface area contributed by atoms with Gasteiger partial charge in [0, 0.05) is 30.1 Å². The van der Waals surface area contributed by atoms with E-state index in [2.05, 4.69) is 9.98 Å². The van der Waals surface area contributed by atoms with E-state index in [1.165, 1.54) is 12.1 Å². The van der Waals surface area contributed by atoms with Gasteiger partial charge in [-0.15, -0.1) is 0 Å². The first-order valence-corrected chi connectivity index (χ1v) is 4.44. The van der Waals surface area contributed by atoms with Gasteiger partial charge in [-0.3, -0.25) is 4.99 Å². The molecule has 0 aromatic carbocycles. The molecule has 0 spiro atoms. The van der Waals surface area contributed by atoms with Gasteiger partial charge in [0.05, 0.1) is 7.11 Å². The summed E-state index contributed by atoms with van der Waals surface area (Å²) in [4.78, 5) is 8.54. The molecule has 0 atom stereocenters. The second-order valence-corrected chi connectivity index (χ2v) is 3.02. The van der Waals surface area contributed by atoms with Crippen molar-refractivity contribution in [2.45, 2.75) is 12.8 Å². The van der Waals surface area contributed by atoms with Crippen molar-refractivity contribution in [2.24, 2.45) is 4.99 Å². The molecule has 3 nitrogen and oxygen atoms in total. The Hall–Kier alpha value is -1.38. The Balaban J connectivity index is 2.22. The third-order valence-corrected chi connectivity index (χ3v) is 2.15. The molecule has 0 unspecified atom stereocenters. The summed E-state index contributed by atoms with van der Waals surface area (Å²) in [5.41, 5.74) is 2.30. The van der Waals surface area contributed by atoms with E-state index >= 15 is 0 Å². The quantitative estimate of drug-likeness (QED) is 0.687. The number of aromatic nitrogens is 1. The van der Waals surface area contributed by atoms with E-state index < -0.39 is 0 Å². The minimum atomic E-state index is 0.655. The molecule has 0 saturated carbocycles. The van der Waals surface area contributed by atoms with Crippen LogP contribution in [-0.4, -0.2) is 24.4 Å². The van der Waals surface area contributed by atoms with Crippen molar-refractivity contribution in [3.05, 3.63) is 23.9 Å². The van der Waals surface area contributed by atoms with Gasteiger partial charge in [-0.05, 0) is 18.9 Å². The molecule has 1 aliphatic heterocycles. The number of pyridine rings is 1. The average Bonchev–Trinajstić information content (AvgIpc) is 2.71. The van der Waals surface area contributed by atoms with Crippen LogP contribution >= 0.6 is 0 Å². The maximum Gasteiger partial charge on any atom is 0.212 e. The Morgan fingerprint density at radius 3 is 2.85 bits per heavy atom. The average molecular weight is 176 g/mol. The number of hydrogen-bond acceptors (Lipinski definition) is 3. The third kappa shape index (κ3) is 1.69. The summed E-state index contributed by atoms with van der Waals surface area (Å²) in [5.74, 6) is 0.655. The largest absolute Gasteiger partial charge is 0.481 e. The van der Waals surface area contributed by atoms with Crippen LogP contribution in [0.25, 0.3) is 0 Å². The second kappa shape index (κ2) is 3.56. The fourth-order valence-electron chi connectivity index (χ4n) is 1.45. The van der Waals surface area contributed by atoms with E-state index in [1.807, 2.05) is 18.3 Å². The minimum Gasteiger partial charge on any atom is -0.481 e. The van der Waals surface area contributed by atoms with E-state index in [1.54, 1.807) is 7.11 Å². The number of rotatable bonds is 2. The molecule has 0 radical (unpaired) electrons. The van der Waals surface area contributed by atoms with Crippen molar-refractivity contribution in [3.8, 4) is 5.88 Å². The second-order valence-electron chi connectivity index (χ2n) is 3.02. The van der Waals surface area contributed by atoms with Crippen LogP contribution in [0, 0.1) is 0 Å².